The fraction of sp³-hybridized carbons (Fsp3) is 0.500. The molecule has 1 aliphatic carbocycles. The lowest BCUT2D eigenvalue weighted by atomic mass is 9.81. The van der Waals surface area contributed by atoms with E-state index >= 15 is 0 Å². The highest BCUT2D eigenvalue weighted by atomic mass is 32.2. The number of thioether (sulfide) groups is 1. The third-order valence-corrected chi connectivity index (χ3v) is 4.96. The lowest BCUT2D eigenvalue weighted by Gasteiger charge is -2.35. The molecule has 0 saturated heterocycles. The molecule has 1 aromatic rings. The second-order valence-corrected chi connectivity index (χ2v) is 6.71. The normalized spacial score (nSPS) is 17.2. The molecule has 1 aliphatic rings. The minimum Gasteiger partial charge on any atom is -0.368 e. The molecule has 0 heterocycles. The Hall–Kier alpha value is -1.49. The molecule has 114 valence electrons. The molecule has 0 unspecified atom stereocenters. The first-order valence-corrected chi connectivity index (χ1v) is 8.31. The van der Waals surface area contributed by atoms with Gasteiger partial charge in [0.05, 0.1) is 5.75 Å². The van der Waals surface area contributed by atoms with Crippen LogP contribution in [-0.2, 0) is 9.59 Å². The van der Waals surface area contributed by atoms with E-state index in [9.17, 15) is 9.59 Å². The average Bonchev–Trinajstić information content (AvgIpc) is 2.47. The van der Waals surface area contributed by atoms with Crippen LogP contribution in [0.1, 0.15) is 37.7 Å². The summed E-state index contributed by atoms with van der Waals surface area (Å²) in [5.74, 6) is -0.227. The number of rotatable bonds is 5. The number of primary amides is 1. The summed E-state index contributed by atoms with van der Waals surface area (Å²) in [6.07, 6.45) is 4.29. The Labute approximate surface area is 129 Å². The number of benzene rings is 1. The highest BCUT2D eigenvalue weighted by molar-refractivity contribution is 8.00. The monoisotopic (exact) mass is 306 g/mol. The van der Waals surface area contributed by atoms with E-state index in [-0.39, 0.29) is 5.91 Å². The van der Waals surface area contributed by atoms with Gasteiger partial charge in [-0.3, -0.25) is 9.59 Å². The number of hydrogen-bond donors (Lipinski definition) is 2. The molecule has 0 aromatic heterocycles. The zero-order chi connectivity index (χ0) is 15.3. The SMILES string of the molecule is Cc1ccc(SCC(=O)NC2(C(N)=O)CCCCC2)cc1. The number of amides is 2. The second kappa shape index (κ2) is 6.98. The van der Waals surface area contributed by atoms with Crippen LogP contribution in [0, 0.1) is 6.92 Å². The molecule has 1 aromatic carbocycles. The summed E-state index contributed by atoms with van der Waals surface area (Å²) in [5.41, 5.74) is 5.88. The van der Waals surface area contributed by atoms with E-state index < -0.39 is 11.4 Å². The molecule has 1 saturated carbocycles. The van der Waals surface area contributed by atoms with Gasteiger partial charge in [-0.05, 0) is 31.9 Å². The van der Waals surface area contributed by atoms with E-state index in [0.717, 1.165) is 24.2 Å². The van der Waals surface area contributed by atoms with Crippen molar-refractivity contribution in [1.29, 1.82) is 0 Å². The van der Waals surface area contributed by atoms with Gasteiger partial charge in [-0.1, -0.05) is 37.0 Å². The number of nitrogens with one attached hydrogen (secondary N) is 1. The first-order valence-electron chi connectivity index (χ1n) is 7.32. The Morgan fingerprint density at radius 3 is 2.38 bits per heavy atom. The highest BCUT2D eigenvalue weighted by Crippen LogP contribution is 2.28. The molecule has 2 rings (SSSR count). The van der Waals surface area contributed by atoms with Crippen molar-refractivity contribution in [2.75, 3.05) is 5.75 Å². The van der Waals surface area contributed by atoms with Gasteiger partial charge in [0, 0.05) is 4.90 Å². The molecule has 0 radical (unpaired) electrons. The summed E-state index contributed by atoms with van der Waals surface area (Å²) in [6.45, 7) is 2.03. The molecule has 5 heteroatoms. The van der Waals surface area contributed by atoms with E-state index in [1.807, 2.05) is 31.2 Å². The van der Waals surface area contributed by atoms with Gasteiger partial charge in [0.2, 0.25) is 11.8 Å². The van der Waals surface area contributed by atoms with Crippen molar-refractivity contribution in [1.82, 2.24) is 5.32 Å². The second-order valence-electron chi connectivity index (χ2n) is 5.66. The Bertz CT molecular complexity index is 508. The first kappa shape index (κ1) is 15.9. The summed E-state index contributed by atoms with van der Waals surface area (Å²) in [7, 11) is 0. The molecule has 0 aliphatic heterocycles. The zero-order valence-corrected chi connectivity index (χ0v) is 13.2. The summed E-state index contributed by atoms with van der Waals surface area (Å²) in [5, 5.41) is 2.88. The van der Waals surface area contributed by atoms with E-state index in [0.29, 0.717) is 18.6 Å². The number of hydrogen-bond acceptors (Lipinski definition) is 3. The van der Waals surface area contributed by atoms with E-state index in [2.05, 4.69) is 5.32 Å². The Morgan fingerprint density at radius 1 is 1.19 bits per heavy atom. The van der Waals surface area contributed by atoms with Gasteiger partial charge in [0.25, 0.3) is 0 Å². The third kappa shape index (κ3) is 4.24. The summed E-state index contributed by atoms with van der Waals surface area (Å²) < 4.78 is 0. The van der Waals surface area contributed by atoms with Gasteiger partial charge in [0.15, 0.2) is 0 Å². The molecule has 0 spiro atoms. The van der Waals surface area contributed by atoms with Crippen LogP contribution in [0.5, 0.6) is 0 Å². The molecule has 3 N–H and O–H groups in total. The molecular formula is C16H22N2O2S. The van der Waals surface area contributed by atoms with Crippen LogP contribution in [0.25, 0.3) is 0 Å². The van der Waals surface area contributed by atoms with E-state index in [1.165, 1.54) is 17.3 Å². The molecular weight excluding hydrogens is 284 g/mol. The van der Waals surface area contributed by atoms with Crippen LogP contribution in [0.15, 0.2) is 29.2 Å². The number of carbonyl (C=O) groups is 2. The van der Waals surface area contributed by atoms with Crippen molar-refractivity contribution in [3.63, 3.8) is 0 Å². The molecule has 2 amide bonds. The van der Waals surface area contributed by atoms with Crippen LogP contribution in [0.2, 0.25) is 0 Å². The molecule has 1 fully saturated rings. The Balaban J connectivity index is 1.90. The molecule has 0 bridgehead atoms. The zero-order valence-electron chi connectivity index (χ0n) is 12.4. The topological polar surface area (TPSA) is 72.2 Å². The lowest BCUT2D eigenvalue weighted by molar-refractivity contribution is -0.131. The summed E-state index contributed by atoms with van der Waals surface area (Å²) >= 11 is 1.47. The maximum atomic E-state index is 12.1. The minimum absolute atomic E-state index is 0.124. The minimum atomic E-state index is -0.830. The maximum absolute atomic E-state index is 12.1. The number of carbonyl (C=O) groups excluding carboxylic acids is 2. The lowest BCUT2D eigenvalue weighted by Crippen LogP contribution is -2.58. The van der Waals surface area contributed by atoms with Crippen molar-refractivity contribution in [2.24, 2.45) is 5.73 Å². The van der Waals surface area contributed by atoms with Crippen molar-refractivity contribution < 1.29 is 9.59 Å². The molecule has 21 heavy (non-hydrogen) atoms. The average molecular weight is 306 g/mol. The van der Waals surface area contributed by atoms with Gasteiger partial charge in [-0.2, -0.15) is 0 Å². The van der Waals surface area contributed by atoms with Crippen molar-refractivity contribution in [3.8, 4) is 0 Å². The van der Waals surface area contributed by atoms with Gasteiger partial charge in [-0.25, -0.2) is 0 Å². The number of nitrogens with two attached hydrogens (primary N) is 1. The fourth-order valence-corrected chi connectivity index (χ4v) is 3.37. The van der Waals surface area contributed by atoms with Crippen LogP contribution in [0.4, 0.5) is 0 Å². The van der Waals surface area contributed by atoms with Crippen molar-refractivity contribution in [2.45, 2.75) is 49.5 Å². The van der Waals surface area contributed by atoms with Gasteiger partial charge in [0.1, 0.15) is 5.54 Å². The van der Waals surface area contributed by atoms with Crippen LogP contribution in [0.3, 0.4) is 0 Å². The number of aryl methyl sites for hydroxylation is 1. The third-order valence-electron chi connectivity index (χ3n) is 3.95. The van der Waals surface area contributed by atoms with E-state index in [1.54, 1.807) is 0 Å². The van der Waals surface area contributed by atoms with Gasteiger partial charge in [-0.15, -0.1) is 11.8 Å². The van der Waals surface area contributed by atoms with Crippen LogP contribution >= 0.6 is 11.8 Å². The van der Waals surface area contributed by atoms with E-state index in [4.69, 9.17) is 5.73 Å². The Morgan fingerprint density at radius 2 is 1.81 bits per heavy atom. The standard InChI is InChI=1S/C16H22N2O2S/c1-12-5-7-13(8-6-12)21-11-14(19)18-16(15(17)20)9-3-2-4-10-16/h5-8H,2-4,9-11H2,1H3,(H2,17,20)(H,18,19). The van der Waals surface area contributed by atoms with Crippen molar-refractivity contribution in [3.05, 3.63) is 29.8 Å². The smallest absolute Gasteiger partial charge is 0.243 e. The van der Waals surface area contributed by atoms with Crippen molar-refractivity contribution >= 4 is 23.6 Å². The summed E-state index contributed by atoms with van der Waals surface area (Å²) in [6, 6.07) is 8.04. The molecule has 0 atom stereocenters. The fourth-order valence-electron chi connectivity index (χ4n) is 2.67. The Kier molecular flexibility index (Phi) is 5.28. The first-order chi connectivity index (χ1) is 10.0. The van der Waals surface area contributed by atoms with Crippen LogP contribution in [-0.4, -0.2) is 23.1 Å². The largest absolute Gasteiger partial charge is 0.368 e. The quantitative estimate of drug-likeness (QED) is 0.820. The predicted octanol–water partition coefficient (Wildman–Crippen LogP) is 2.39. The molecule has 4 nitrogen and oxygen atoms in total. The van der Waals surface area contributed by atoms with Gasteiger partial charge < -0.3 is 11.1 Å². The summed E-state index contributed by atoms with van der Waals surface area (Å²) in [4.78, 5) is 24.9. The van der Waals surface area contributed by atoms with Crippen LogP contribution < -0.4 is 11.1 Å². The highest BCUT2D eigenvalue weighted by Gasteiger charge is 2.38. The predicted molar refractivity (Wildman–Crippen MR) is 85.1 cm³/mol. The van der Waals surface area contributed by atoms with Gasteiger partial charge >= 0.3 is 0 Å². The maximum Gasteiger partial charge on any atom is 0.243 e.